The van der Waals surface area contributed by atoms with E-state index in [9.17, 15) is 22.4 Å². The van der Waals surface area contributed by atoms with Crippen molar-refractivity contribution >= 4 is 23.8 Å². The number of nitrogens with zero attached hydrogens (tertiary/aromatic N) is 6. The van der Waals surface area contributed by atoms with Crippen molar-refractivity contribution in [1.82, 2.24) is 4.98 Å². The van der Waals surface area contributed by atoms with E-state index in [0.29, 0.717) is 19.5 Å². The number of pyridine rings is 1. The second-order valence-corrected chi connectivity index (χ2v) is 9.37. The number of alkyl halides is 4. The molecule has 3 atom stereocenters. The number of quaternary nitrogens is 1. The number of nitrogens with two attached hydrogens (primary N) is 1. The summed E-state index contributed by atoms with van der Waals surface area (Å²) in [4.78, 5) is 22.9. The van der Waals surface area contributed by atoms with E-state index < -0.39 is 29.3 Å². The molecule has 5 rings (SSSR count). The molecule has 2 aliphatic heterocycles. The Labute approximate surface area is 202 Å². The van der Waals surface area contributed by atoms with Crippen LogP contribution in [0.1, 0.15) is 35.2 Å². The van der Waals surface area contributed by atoms with E-state index in [4.69, 9.17) is 5.84 Å². The monoisotopic (exact) mass is 508 g/mol. The van der Waals surface area contributed by atoms with E-state index in [1.807, 2.05) is 0 Å². The van der Waals surface area contributed by atoms with Crippen LogP contribution in [-0.2, 0) is 6.18 Å². The molecule has 0 radical (unpaired) electrons. The van der Waals surface area contributed by atoms with Crippen LogP contribution in [0.5, 0.6) is 0 Å². The Kier molecular flexibility index (Phi) is 5.77. The molecule has 2 saturated heterocycles. The predicted molar refractivity (Wildman–Crippen MR) is 120 cm³/mol. The Bertz CT molecular complexity index is 1230. The summed E-state index contributed by atoms with van der Waals surface area (Å²) in [7, 11) is 0. The molecular formula is C23H23F5N7O+. The van der Waals surface area contributed by atoms with Crippen molar-refractivity contribution in [2.45, 2.75) is 43.2 Å². The lowest BCUT2D eigenvalue weighted by molar-refractivity contribution is -0.760. The molecule has 36 heavy (non-hydrogen) atoms. The average Bonchev–Trinajstić information content (AvgIpc) is 3.76. The van der Waals surface area contributed by atoms with Crippen LogP contribution in [0.3, 0.4) is 0 Å². The van der Waals surface area contributed by atoms with Crippen molar-refractivity contribution in [3.05, 3.63) is 53.5 Å². The summed E-state index contributed by atoms with van der Waals surface area (Å²) < 4.78 is 68.8. The summed E-state index contributed by atoms with van der Waals surface area (Å²) in [5.74, 6) is 4.07. The fourth-order valence-electron chi connectivity index (χ4n) is 5.45. The van der Waals surface area contributed by atoms with E-state index in [1.165, 1.54) is 18.2 Å². The summed E-state index contributed by atoms with van der Waals surface area (Å²) in [6.45, 7) is 0.566. The smallest absolute Gasteiger partial charge is 0.353 e. The Morgan fingerprint density at radius 2 is 2.03 bits per heavy atom. The maximum absolute atomic E-state index is 15.8. The van der Waals surface area contributed by atoms with Gasteiger partial charge in [0.05, 0.1) is 23.7 Å². The van der Waals surface area contributed by atoms with E-state index in [1.54, 1.807) is 4.90 Å². The number of halogens is 5. The molecule has 190 valence electrons. The summed E-state index contributed by atoms with van der Waals surface area (Å²) in [6, 6.07) is 6.02. The van der Waals surface area contributed by atoms with Crippen LogP contribution in [0.15, 0.2) is 51.9 Å². The van der Waals surface area contributed by atoms with Crippen molar-refractivity contribution in [3.63, 3.8) is 0 Å². The topological polar surface area (TPSA) is 96.3 Å². The van der Waals surface area contributed by atoms with Gasteiger partial charge in [-0.2, -0.15) is 13.2 Å². The number of anilines is 1. The van der Waals surface area contributed by atoms with Crippen molar-refractivity contribution in [1.29, 1.82) is 0 Å². The number of carbonyl (C=O) groups excluding carboxylic acids is 1. The molecule has 3 heterocycles. The highest BCUT2D eigenvalue weighted by Gasteiger charge is 2.82. The van der Waals surface area contributed by atoms with Gasteiger partial charge in [0.2, 0.25) is 0 Å². The van der Waals surface area contributed by atoms with Gasteiger partial charge >= 0.3 is 12.1 Å². The minimum absolute atomic E-state index is 0.0304. The Morgan fingerprint density at radius 3 is 2.61 bits per heavy atom. The second kappa shape index (κ2) is 8.57. The van der Waals surface area contributed by atoms with Crippen molar-refractivity contribution < 1.29 is 31.2 Å². The largest absolute Gasteiger partial charge is 0.417 e. The van der Waals surface area contributed by atoms with E-state index in [0.717, 1.165) is 37.5 Å². The molecule has 2 aromatic rings. The van der Waals surface area contributed by atoms with Gasteiger partial charge in [-0.1, -0.05) is 5.22 Å². The van der Waals surface area contributed by atoms with Gasteiger partial charge in [0.25, 0.3) is 0 Å². The maximum Gasteiger partial charge on any atom is 0.417 e. The molecule has 8 nitrogen and oxygen atoms in total. The molecule has 0 bridgehead atoms. The van der Waals surface area contributed by atoms with Crippen LogP contribution >= 0.6 is 0 Å². The number of piperidine rings is 1. The Hall–Kier alpha value is -3.48. The van der Waals surface area contributed by atoms with Gasteiger partial charge in [-0.05, 0) is 30.3 Å². The molecule has 3 aliphatic rings. The minimum atomic E-state index is -4.50. The first-order chi connectivity index (χ1) is 17.1. The first-order valence-corrected chi connectivity index (χ1v) is 11.4. The summed E-state index contributed by atoms with van der Waals surface area (Å²) in [5, 5.41) is 6.32. The molecule has 1 spiro atoms. The van der Waals surface area contributed by atoms with Crippen LogP contribution in [0.4, 0.5) is 33.5 Å². The number of benzene rings is 1. The van der Waals surface area contributed by atoms with Crippen molar-refractivity contribution in [2.75, 3.05) is 24.5 Å². The molecule has 1 aromatic heterocycles. The maximum atomic E-state index is 15.8. The molecule has 1 amide bonds. The summed E-state index contributed by atoms with van der Waals surface area (Å²) >= 11 is 0. The van der Waals surface area contributed by atoms with Gasteiger partial charge in [0.15, 0.2) is 11.7 Å². The molecule has 1 unspecified atom stereocenters. The molecule has 3 fully saturated rings. The number of carbonyl (C=O) groups is 1. The first kappa shape index (κ1) is 24.2. The van der Waals surface area contributed by atoms with Gasteiger partial charge in [-0.3, -0.25) is 0 Å². The molecule has 13 heteroatoms. The Balaban J connectivity index is 1.35. The molecular weight excluding hydrogens is 485 g/mol. The summed E-state index contributed by atoms with van der Waals surface area (Å²) in [6.07, 6.45) is -2.32. The number of hydrogen-bond donors (Lipinski definition) is 1. The molecule has 1 aliphatic carbocycles. The number of aromatic nitrogens is 1. The minimum Gasteiger partial charge on any atom is -0.353 e. The predicted octanol–water partition coefficient (Wildman–Crippen LogP) is 4.35. The SMILES string of the molecule is NN=NC=Nc1ccc(C(=O)[N+]2(C3CC3)C[C@@]23CCN(c2ccc(C(F)(F)F)cn2)C[C@@H]3F)cc1F. The van der Waals surface area contributed by atoms with E-state index in [-0.39, 0.29) is 40.0 Å². The zero-order valence-electron chi connectivity index (χ0n) is 19.0. The lowest BCUT2D eigenvalue weighted by atomic mass is 9.93. The zero-order valence-corrected chi connectivity index (χ0v) is 19.0. The average molecular weight is 508 g/mol. The van der Waals surface area contributed by atoms with Crippen molar-refractivity contribution in [2.24, 2.45) is 21.2 Å². The van der Waals surface area contributed by atoms with E-state index in [2.05, 4.69) is 20.3 Å². The fourth-order valence-corrected chi connectivity index (χ4v) is 5.45. The Morgan fingerprint density at radius 1 is 1.25 bits per heavy atom. The third kappa shape index (κ3) is 3.91. The van der Waals surface area contributed by atoms with Gasteiger partial charge < -0.3 is 10.7 Å². The highest BCUT2D eigenvalue weighted by molar-refractivity contribution is 5.91. The molecule has 1 aromatic carbocycles. The van der Waals surface area contributed by atoms with Crippen LogP contribution < -0.4 is 10.7 Å². The van der Waals surface area contributed by atoms with Crippen molar-refractivity contribution in [3.8, 4) is 0 Å². The quantitative estimate of drug-likeness (QED) is 0.0950. The number of hydrogen-bond acceptors (Lipinski definition) is 5. The normalized spacial score (nSPS) is 28.4. The lowest BCUT2D eigenvalue weighted by Crippen LogP contribution is -2.55. The third-order valence-corrected chi connectivity index (χ3v) is 7.43. The highest BCUT2D eigenvalue weighted by Crippen LogP contribution is 2.59. The van der Waals surface area contributed by atoms with Gasteiger partial charge in [-0.25, -0.2) is 28.0 Å². The van der Waals surface area contributed by atoms with Crippen LogP contribution in [0, 0.1) is 5.82 Å². The lowest BCUT2D eigenvalue weighted by Gasteiger charge is -2.36. The zero-order chi connectivity index (χ0) is 25.7. The van der Waals surface area contributed by atoms with Gasteiger partial charge in [-0.15, -0.1) is 5.11 Å². The fraction of sp³-hybridized carbons (Fsp3) is 0.435. The highest BCUT2D eigenvalue weighted by atomic mass is 19.4. The second-order valence-electron chi connectivity index (χ2n) is 9.37. The number of aliphatic imine (C=N–C) groups is 1. The van der Waals surface area contributed by atoms with Crippen LogP contribution in [-0.4, -0.2) is 59.1 Å². The van der Waals surface area contributed by atoms with Gasteiger partial charge in [0, 0.05) is 32.0 Å². The van der Waals surface area contributed by atoms with E-state index >= 15 is 4.39 Å². The molecule has 2 N–H and O–H groups in total. The number of rotatable bonds is 5. The molecule has 1 saturated carbocycles. The van der Waals surface area contributed by atoms with Crippen LogP contribution in [0.2, 0.25) is 0 Å². The third-order valence-electron chi connectivity index (χ3n) is 7.43. The number of amides is 1. The summed E-state index contributed by atoms with van der Waals surface area (Å²) in [5.41, 5.74) is -1.72. The van der Waals surface area contributed by atoms with Crippen LogP contribution in [0.25, 0.3) is 0 Å². The standard InChI is InChI=1S/C23H22F5N7O/c24-17-9-14(1-5-18(17)31-13-32-33-29)21(36)35(16-3-4-16)12-22(35)7-8-34(11-19(22)25)20-6-2-15(10-30-20)23(26,27)28/h1-2,5-6,9-10,13,16,19H,3-4,7-8,11-12H2,(H-,29,31,32,36)/p+1/t19-,22+,35?/m0/s1. The first-order valence-electron chi connectivity index (χ1n) is 11.4. The van der Waals surface area contributed by atoms with Gasteiger partial charge in [0.1, 0.15) is 30.2 Å².